The predicted molar refractivity (Wildman–Crippen MR) is 73.7 cm³/mol. The molecule has 6 heteroatoms. The van der Waals surface area contributed by atoms with Crippen LogP contribution in [0.5, 0.6) is 0 Å². The van der Waals surface area contributed by atoms with Gasteiger partial charge in [0.05, 0.1) is 24.2 Å². The van der Waals surface area contributed by atoms with E-state index >= 15 is 0 Å². The minimum Gasteiger partial charge on any atom is -0.478 e. The molecular formula is C14H14N4O2. The van der Waals surface area contributed by atoms with E-state index in [4.69, 9.17) is 5.11 Å². The summed E-state index contributed by atoms with van der Waals surface area (Å²) in [6, 6.07) is 6.91. The van der Waals surface area contributed by atoms with E-state index in [9.17, 15) is 4.79 Å². The van der Waals surface area contributed by atoms with Gasteiger partial charge in [-0.1, -0.05) is 6.07 Å². The molecule has 6 nitrogen and oxygen atoms in total. The minimum absolute atomic E-state index is 0.259. The molecule has 0 saturated carbocycles. The van der Waals surface area contributed by atoms with Gasteiger partial charge in [-0.15, -0.1) is 0 Å². The van der Waals surface area contributed by atoms with Crippen molar-refractivity contribution in [1.29, 1.82) is 0 Å². The number of aromatic nitrogens is 4. The number of fused-ring (bicyclic) bond motifs is 1. The largest absolute Gasteiger partial charge is 0.478 e. The second-order valence-corrected chi connectivity index (χ2v) is 4.61. The first-order valence-corrected chi connectivity index (χ1v) is 6.33. The van der Waals surface area contributed by atoms with Gasteiger partial charge in [-0.2, -0.15) is 10.2 Å². The van der Waals surface area contributed by atoms with Gasteiger partial charge in [-0.05, 0) is 25.1 Å². The standard InChI is InChI=1S/C14H14N4O2/c1-10-12-4-3-11(14(19)20)9-13(12)16-18(10)8-7-17-6-2-5-15-17/h2-6,9H,7-8H2,1H3,(H,19,20). The molecule has 0 spiro atoms. The first-order valence-electron chi connectivity index (χ1n) is 6.33. The van der Waals surface area contributed by atoms with Crippen LogP contribution < -0.4 is 0 Å². The number of carbonyl (C=O) groups is 1. The van der Waals surface area contributed by atoms with E-state index < -0.39 is 5.97 Å². The lowest BCUT2D eigenvalue weighted by molar-refractivity contribution is 0.0697. The van der Waals surface area contributed by atoms with Crippen LogP contribution in [-0.4, -0.2) is 30.6 Å². The highest BCUT2D eigenvalue weighted by atomic mass is 16.4. The Morgan fingerprint density at radius 2 is 2.20 bits per heavy atom. The zero-order valence-electron chi connectivity index (χ0n) is 11.0. The van der Waals surface area contributed by atoms with E-state index in [2.05, 4.69) is 10.2 Å². The van der Waals surface area contributed by atoms with Gasteiger partial charge in [0.15, 0.2) is 0 Å². The summed E-state index contributed by atoms with van der Waals surface area (Å²) >= 11 is 0. The molecule has 3 rings (SSSR count). The van der Waals surface area contributed by atoms with E-state index in [0.717, 1.165) is 17.6 Å². The first kappa shape index (κ1) is 12.4. The molecule has 0 saturated heterocycles. The SMILES string of the molecule is Cc1c2ccc(C(=O)O)cc2nn1CCn1cccn1. The molecule has 0 bridgehead atoms. The molecule has 0 fully saturated rings. The van der Waals surface area contributed by atoms with Gasteiger partial charge in [-0.25, -0.2) is 4.79 Å². The number of rotatable bonds is 4. The number of aromatic carboxylic acids is 1. The Balaban J connectivity index is 1.91. The average Bonchev–Trinajstić information content (AvgIpc) is 3.04. The van der Waals surface area contributed by atoms with E-state index in [1.54, 1.807) is 18.3 Å². The number of aryl methyl sites for hydroxylation is 3. The highest BCUT2D eigenvalue weighted by Gasteiger charge is 2.10. The summed E-state index contributed by atoms with van der Waals surface area (Å²) in [7, 11) is 0. The Labute approximate surface area is 115 Å². The van der Waals surface area contributed by atoms with Crippen LogP contribution in [0.2, 0.25) is 0 Å². The third-order valence-corrected chi connectivity index (χ3v) is 3.35. The number of hydrogen-bond donors (Lipinski definition) is 1. The molecule has 0 amide bonds. The lowest BCUT2D eigenvalue weighted by Crippen LogP contribution is -2.10. The molecule has 20 heavy (non-hydrogen) atoms. The molecule has 0 aliphatic heterocycles. The molecule has 0 aliphatic carbocycles. The number of benzene rings is 1. The van der Waals surface area contributed by atoms with Crippen molar-refractivity contribution < 1.29 is 9.90 Å². The normalized spacial score (nSPS) is 11.1. The topological polar surface area (TPSA) is 72.9 Å². The highest BCUT2D eigenvalue weighted by molar-refractivity contribution is 5.93. The Morgan fingerprint density at radius 1 is 1.35 bits per heavy atom. The van der Waals surface area contributed by atoms with Crippen LogP contribution in [-0.2, 0) is 13.1 Å². The quantitative estimate of drug-likeness (QED) is 0.786. The van der Waals surface area contributed by atoms with Crippen molar-refractivity contribution in [2.75, 3.05) is 0 Å². The summed E-state index contributed by atoms with van der Waals surface area (Å²) in [6.45, 7) is 3.41. The molecule has 1 aromatic carbocycles. The van der Waals surface area contributed by atoms with E-state index in [1.807, 2.05) is 34.6 Å². The fourth-order valence-corrected chi connectivity index (χ4v) is 2.25. The summed E-state index contributed by atoms with van der Waals surface area (Å²) in [4.78, 5) is 11.0. The fraction of sp³-hybridized carbons (Fsp3) is 0.214. The van der Waals surface area contributed by atoms with Gasteiger partial charge in [0, 0.05) is 23.5 Å². The second-order valence-electron chi connectivity index (χ2n) is 4.61. The van der Waals surface area contributed by atoms with Gasteiger partial charge in [0.1, 0.15) is 0 Å². The summed E-state index contributed by atoms with van der Waals surface area (Å²) in [5.74, 6) is -0.935. The molecule has 0 aliphatic rings. The lowest BCUT2D eigenvalue weighted by atomic mass is 10.1. The van der Waals surface area contributed by atoms with Gasteiger partial charge >= 0.3 is 5.97 Å². The van der Waals surface area contributed by atoms with Crippen LogP contribution in [0.3, 0.4) is 0 Å². The summed E-state index contributed by atoms with van der Waals surface area (Å²) < 4.78 is 3.73. The van der Waals surface area contributed by atoms with Gasteiger partial charge in [-0.3, -0.25) is 9.36 Å². The number of carboxylic acid groups (broad SMARTS) is 1. The van der Waals surface area contributed by atoms with E-state index in [-0.39, 0.29) is 5.56 Å². The van der Waals surface area contributed by atoms with Crippen molar-refractivity contribution >= 4 is 16.9 Å². The summed E-state index contributed by atoms with van der Waals surface area (Å²) in [5.41, 5.74) is 2.00. The van der Waals surface area contributed by atoms with Crippen LogP contribution in [0, 0.1) is 6.92 Å². The number of hydrogen-bond acceptors (Lipinski definition) is 3. The van der Waals surface area contributed by atoms with Crippen molar-refractivity contribution in [3.05, 3.63) is 47.9 Å². The Bertz CT molecular complexity index is 759. The van der Waals surface area contributed by atoms with Crippen molar-refractivity contribution in [1.82, 2.24) is 19.6 Å². The highest BCUT2D eigenvalue weighted by Crippen LogP contribution is 2.19. The molecule has 2 heterocycles. The Kier molecular flexibility index (Phi) is 2.98. The van der Waals surface area contributed by atoms with Crippen LogP contribution in [0.25, 0.3) is 10.9 Å². The monoisotopic (exact) mass is 270 g/mol. The van der Waals surface area contributed by atoms with E-state index in [1.165, 1.54) is 0 Å². The number of carboxylic acids is 1. The zero-order valence-corrected chi connectivity index (χ0v) is 11.0. The van der Waals surface area contributed by atoms with Crippen molar-refractivity contribution in [3.63, 3.8) is 0 Å². The third-order valence-electron chi connectivity index (χ3n) is 3.35. The van der Waals surface area contributed by atoms with Crippen LogP contribution in [0.4, 0.5) is 0 Å². The summed E-state index contributed by atoms with van der Waals surface area (Å²) in [6.07, 6.45) is 3.65. The molecule has 0 radical (unpaired) electrons. The lowest BCUT2D eigenvalue weighted by Gasteiger charge is -2.04. The van der Waals surface area contributed by atoms with Crippen molar-refractivity contribution in [3.8, 4) is 0 Å². The van der Waals surface area contributed by atoms with E-state index in [0.29, 0.717) is 12.1 Å². The summed E-state index contributed by atoms with van der Waals surface area (Å²) in [5, 5.41) is 18.6. The molecule has 0 unspecified atom stereocenters. The number of nitrogens with zero attached hydrogens (tertiary/aromatic N) is 4. The Morgan fingerprint density at radius 3 is 2.90 bits per heavy atom. The van der Waals surface area contributed by atoms with Crippen LogP contribution in [0.1, 0.15) is 16.1 Å². The van der Waals surface area contributed by atoms with Gasteiger partial charge < -0.3 is 5.11 Å². The minimum atomic E-state index is -0.935. The molecule has 3 aromatic rings. The zero-order chi connectivity index (χ0) is 14.1. The second kappa shape index (κ2) is 4.80. The molecule has 0 atom stereocenters. The maximum Gasteiger partial charge on any atom is 0.335 e. The molecular weight excluding hydrogens is 256 g/mol. The van der Waals surface area contributed by atoms with Crippen LogP contribution in [0.15, 0.2) is 36.7 Å². The maximum atomic E-state index is 11.0. The first-order chi connectivity index (χ1) is 9.65. The molecule has 2 aromatic heterocycles. The predicted octanol–water partition coefficient (Wildman–Crippen LogP) is 1.94. The molecule has 1 N–H and O–H groups in total. The average molecular weight is 270 g/mol. The van der Waals surface area contributed by atoms with Crippen molar-refractivity contribution in [2.45, 2.75) is 20.0 Å². The smallest absolute Gasteiger partial charge is 0.335 e. The Hall–Kier alpha value is -2.63. The fourth-order valence-electron chi connectivity index (χ4n) is 2.25. The maximum absolute atomic E-state index is 11.0. The van der Waals surface area contributed by atoms with Gasteiger partial charge in [0.2, 0.25) is 0 Å². The van der Waals surface area contributed by atoms with Gasteiger partial charge in [0.25, 0.3) is 0 Å². The molecule has 102 valence electrons. The third kappa shape index (κ3) is 2.16. The van der Waals surface area contributed by atoms with Crippen LogP contribution >= 0.6 is 0 Å². The van der Waals surface area contributed by atoms with Crippen molar-refractivity contribution in [2.24, 2.45) is 0 Å².